The zero-order valence-corrected chi connectivity index (χ0v) is 13.0. The number of nitrogens with two attached hydrogens (primary N) is 1. The Morgan fingerprint density at radius 3 is 2.80 bits per heavy atom. The van der Waals surface area contributed by atoms with Crippen molar-refractivity contribution in [1.29, 1.82) is 0 Å². The first kappa shape index (κ1) is 13.8. The van der Waals surface area contributed by atoms with Gasteiger partial charge in [0.05, 0.1) is 0 Å². The van der Waals surface area contributed by atoms with E-state index in [2.05, 4.69) is 42.6 Å². The van der Waals surface area contributed by atoms with E-state index in [4.69, 9.17) is 5.73 Å². The molecule has 3 rings (SSSR count). The topological polar surface area (TPSA) is 26.0 Å². The van der Waals surface area contributed by atoms with E-state index in [9.17, 15) is 0 Å². The summed E-state index contributed by atoms with van der Waals surface area (Å²) >= 11 is 1.90. The van der Waals surface area contributed by atoms with Crippen LogP contribution in [0.3, 0.4) is 0 Å². The molecule has 0 saturated heterocycles. The Morgan fingerprint density at radius 1 is 1.25 bits per heavy atom. The highest BCUT2D eigenvalue weighted by molar-refractivity contribution is 7.10. The molecule has 2 unspecified atom stereocenters. The molecule has 1 aliphatic carbocycles. The molecule has 106 valence electrons. The lowest BCUT2D eigenvalue weighted by molar-refractivity contribution is 0.479. The van der Waals surface area contributed by atoms with Gasteiger partial charge in [-0.05, 0) is 53.8 Å². The van der Waals surface area contributed by atoms with Crippen LogP contribution in [-0.4, -0.2) is 0 Å². The Labute approximate surface area is 125 Å². The van der Waals surface area contributed by atoms with Crippen molar-refractivity contribution in [3.8, 4) is 0 Å². The van der Waals surface area contributed by atoms with Gasteiger partial charge in [-0.3, -0.25) is 0 Å². The molecule has 1 aliphatic rings. The number of fused-ring (bicyclic) bond motifs is 1. The van der Waals surface area contributed by atoms with E-state index in [1.165, 1.54) is 42.4 Å². The number of thiophene rings is 1. The van der Waals surface area contributed by atoms with Crippen LogP contribution in [0.5, 0.6) is 0 Å². The van der Waals surface area contributed by atoms with Crippen molar-refractivity contribution in [1.82, 2.24) is 0 Å². The van der Waals surface area contributed by atoms with Crippen molar-refractivity contribution in [2.24, 2.45) is 5.73 Å². The highest BCUT2D eigenvalue weighted by atomic mass is 32.1. The fourth-order valence-electron chi connectivity index (χ4n) is 3.32. The minimum Gasteiger partial charge on any atom is -0.323 e. The van der Waals surface area contributed by atoms with Gasteiger partial charge in [0.25, 0.3) is 0 Å². The van der Waals surface area contributed by atoms with E-state index >= 15 is 0 Å². The zero-order chi connectivity index (χ0) is 13.9. The summed E-state index contributed by atoms with van der Waals surface area (Å²) in [7, 11) is 0. The zero-order valence-electron chi connectivity index (χ0n) is 12.1. The van der Waals surface area contributed by atoms with Crippen molar-refractivity contribution in [2.45, 2.75) is 51.0 Å². The SMILES string of the molecule is CCCc1ccc(C(N)C2CCCc3sccc32)cc1. The lowest BCUT2D eigenvalue weighted by atomic mass is 9.80. The Morgan fingerprint density at radius 2 is 2.05 bits per heavy atom. The van der Waals surface area contributed by atoms with Crippen molar-refractivity contribution in [3.63, 3.8) is 0 Å². The summed E-state index contributed by atoms with van der Waals surface area (Å²) in [6.07, 6.45) is 6.10. The van der Waals surface area contributed by atoms with Crippen LogP contribution in [0, 0.1) is 0 Å². The minimum atomic E-state index is 0.138. The lowest BCUT2D eigenvalue weighted by Crippen LogP contribution is -2.22. The van der Waals surface area contributed by atoms with Crippen LogP contribution in [0.25, 0.3) is 0 Å². The summed E-state index contributed by atoms with van der Waals surface area (Å²) in [5.41, 5.74) is 10.8. The van der Waals surface area contributed by atoms with E-state index < -0.39 is 0 Å². The molecular weight excluding hydrogens is 262 g/mol. The Hall–Kier alpha value is -1.12. The molecule has 2 atom stereocenters. The maximum atomic E-state index is 6.57. The lowest BCUT2D eigenvalue weighted by Gasteiger charge is -2.28. The van der Waals surface area contributed by atoms with Gasteiger partial charge in [0.1, 0.15) is 0 Å². The van der Waals surface area contributed by atoms with Gasteiger partial charge in [0.2, 0.25) is 0 Å². The summed E-state index contributed by atoms with van der Waals surface area (Å²) in [6.45, 7) is 2.22. The highest BCUT2D eigenvalue weighted by Crippen LogP contribution is 2.41. The van der Waals surface area contributed by atoms with Crippen LogP contribution in [0.1, 0.15) is 59.7 Å². The normalized spacial score (nSPS) is 19.6. The van der Waals surface area contributed by atoms with Crippen molar-refractivity contribution in [3.05, 3.63) is 57.3 Å². The number of hydrogen-bond donors (Lipinski definition) is 1. The van der Waals surface area contributed by atoms with Gasteiger partial charge in [-0.25, -0.2) is 0 Å². The Bertz CT molecular complexity index is 555. The van der Waals surface area contributed by atoms with E-state index in [0.717, 1.165) is 6.42 Å². The molecule has 0 radical (unpaired) electrons. The summed E-state index contributed by atoms with van der Waals surface area (Å²) < 4.78 is 0. The predicted octanol–water partition coefficient (Wildman–Crippen LogP) is 4.82. The van der Waals surface area contributed by atoms with Gasteiger partial charge in [0, 0.05) is 16.8 Å². The average molecular weight is 285 g/mol. The van der Waals surface area contributed by atoms with Crippen LogP contribution in [-0.2, 0) is 12.8 Å². The van der Waals surface area contributed by atoms with Crippen molar-refractivity contribution in [2.75, 3.05) is 0 Å². The molecule has 1 aromatic heterocycles. The molecule has 1 nitrogen and oxygen atoms in total. The number of benzene rings is 1. The van der Waals surface area contributed by atoms with Crippen LogP contribution in [0.2, 0.25) is 0 Å². The van der Waals surface area contributed by atoms with Gasteiger partial charge < -0.3 is 5.73 Å². The molecule has 1 aromatic carbocycles. The maximum absolute atomic E-state index is 6.57. The number of aryl methyl sites for hydroxylation is 2. The second-order valence-corrected chi connectivity index (χ2v) is 6.82. The third kappa shape index (κ3) is 2.68. The molecule has 0 bridgehead atoms. The second-order valence-electron chi connectivity index (χ2n) is 5.82. The highest BCUT2D eigenvalue weighted by Gasteiger charge is 2.27. The molecule has 0 saturated carbocycles. The van der Waals surface area contributed by atoms with Gasteiger partial charge in [-0.15, -0.1) is 11.3 Å². The first-order valence-electron chi connectivity index (χ1n) is 7.70. The number of rotatable bonds is 4. The second kappa shape index (κ2) is 6.11. The molecule has 0 aliphatic heterocycles. The molecule has 2 aromatic rings. The van der Waals surface area contributed by atoms with E-state index in [1.54, 1.807) is 4.88 Å². The van der Waals surface area contributed by atoms with Crippen LogP contribution in [0.4, 0.5) is 0 Å². The van der Waals surface area contributed by atoms with Crippen molar-refractivity contribution >= 4 is 11.3 Å². The van der Waals surface area contributed by atoms with E-state index in [1.807, 2.05) is 11.3 Å². The first-order chi connectivity index (χ1) is 9.79. The summed E-state index contributed by atoms with van der Waals surface area (Å²) in [5.74, 6) is 0.502. The Balaban J connectivity index is 1.81. The van der Waals surface area contributed by atoms with E-state index in [0.29, 0.717) is 5.92 Å². The summed E-state index contributed by atoms with van der Waals surface area (Å²) in [6, 6.07) is 11.4. The monoisotopic (exact) mass is 285 g/mol. The van der Waals surface area contributed by atoms with Crippen molar-refractivity contribution < 1.29 is 0 Å². The molecule has 0 fully saturated rings. The maximum Gasteiger partial charge on any atom is 0.0364 e. The van der Waals surface area contributed by atoms with E-state index in [-0.39, 0.29) is 6.04 Å². The Kier molecular flexibility index (Phi) is 4.23. The van der Waals surface area contributed by atoms with Gasteiger partial charge in [-0.2, -0.15) is 0 Å². The molecule has 0 amide bonds. The average Bonchev–Trinajstić information content (AvgIpc) is 2.96. The largest absolute Gasteiger partial charge is 0.323 e. The fraction of sp³-hybridized carbons (Fsp3) is 0.444. The minimum absolute atomic E-state index is 0.138. The third-order valence-electron chi connectivity index (χ3n) is 4.44. The molecule has 0 spiro atoms. The van der Waals surface area contributed by atoms with Gasteiger partial charge in [-0.1, -0.05) is 37.6 Å². The predicted molar refractivity (Wildman–Crippen MR) is 87.4 cm³/mol. The van der Waals surface area contributed by atoms with Gasteiger partial charge >= 0.3 is 0 Å². The fourth-order valence-corrected chi connectivity index (χ4v) is 4.32. The quantitative estimate of drug-likeness (QED) is 0.856. The standard InChI is InChI=1S/C18H23NS/c1-2-4-13-7-9-14(10-8-13)18(19)16-5-3-6-17-15(16)11-12-20-17/h7-12,16,18H,2-6,19H2,1H3. The molecule has 20 heavy (non-hydrogen) atoms. The van der Waals surface area contributed by atoms with Crippen LogP contribution < -0.4 is 5.73 Å². The third-order valence-corrected chi connectivity index (χ3v) is 5.43. The molecular formula is C18H23NS. The molecule has 2 heteroatoms. The summed E-state index contributed by atoms with van der Waals surface area (Å²) in [5, 5.41) is 2.22. The van der Waals surface area contributed by atoms with Gasteiger partial charge in [0.15, 0.2) is 0 Å². The van der Waals surface area contributed by atoms with Crippen LogP contribution >= 0.6 is 11.3 Å². The van der Waals surface area contributed by atoms with Crippen LogP contribution in [0.15, 0.2) is 35.7 Å². The first-order valence-corrected chi connectivity index (χ1v) is 8.58. The molecule has 2 N–H and O–H groups in total. The smallest absolute Gasteiger partial charge is 0.0364 e. The molecule has 1 heterocycles. The summed E-state index contributed by atoms with van der Waals surface area (Å²) in [4.78, 5) is 1.55. The number of hydrogen-bond acceptors (Lipinski definition) is 2.